The van der Waals surface area contributed by atoms with Crippen LogP contribution in [-0.2, 0) is 0 Å². The number of nitrogens with one attached hydrogen (secondary N) is 1. The van der Waals surface area contributed by atoms with Gasteiger partial charge in [0.15, 0.2) is 10.8 Å². The maximum absolute atomic E-state index is 12.6. The van der Waals surface area contributed by atoms with Gasteiger partial charge in [-0.3, -0.25) is 4.79 Å². The van der Waals surface area contributed by atoms with Crippen LogP contribution in [0.4, 0.5) is 0 Å². The first-order valence-electron chi connectivity index (χ1n) is 7.89. The molecule has 1 amide bonds. The van der Waals surface area contributed by atoms with Crippen LogP contribution in [0.15, 0.2) is 16.5 Å². The Hall–Kier alpha value is -1.66. The summed E-state index contributed by atoms with van der Waals surface area (Å²) in [6.07, 6.45) is 2.87. The summed E-state index contributed by atoms with van der Waals surface area (Å²) in [5, 5.41) is 13.4. The molecule has 0 spiro atoms. The summed E-state index contributed by atoms with van der Waals surface area (Å²) in [6, 6.07) is 3.77. The molecule has 0 aliphatic heterocycles. The molecule has 2 heterocycles. The van der Waals surface area contributed by atoms with Crippen molar-refractivity contribution >= 4 is 17.2 Å². The average Bonchev–Trinajstić information content (AvgIpc) is 3.20. The van der Waals surface area contributed by atoms with Gasteiger partial charge in [0.25, 0.3) is 5.91 Å². The van der Waals surface area contributed by atoms with Crippen LogP contribution in [0.3, 0.4) is 0 Å². The van der Waals surface area contributed by atoms with Crippen molar-refractivity contribution < 1.29 is 14.3 Å². The molecule has 23 heavy (non-hydrogen) atoms. The Morgan fingerprint density at radius 3 is 2.96 bits per heavy atom. The van der Waals surface area contributed by atoms with E-state index in [4.69, 9.17) is 4.42 Å². The van der Waals surface area contributed by atoms with E-state index in [9.17, 15) is 9.90 Å². The zero-order valence-electron chi connectivity index (χ0n) is 13.7. The Balaban J connectivity index is 1.79. The van der Waals surface area contributed by atoms with Crippen molar-refractivity contribution in [2.24, 2.45) is 5.41 Å². The van der Waals surface area contributed by atoms with Crippen molar-refractivity contribution in [2.45, 2.75) is 46.1 Å². The maximum Gasteiger partial charge on any atom is 0.263 e. The van der Waals surface area contributed by atoms with Gasteiger partial charge in [-0.1, -0.05) is 13.3 Å². The number of aryl methyl sites for hydroxylation is 2. The molecular formula is C17H22N2O3S. The van der Waals surface area contributed by atoms with Gasteiger partial charge in [0.2, 0.25) is 0 Å². The van der Waals surface area contributed by atoms with E-state index in [1.165, 1.54) is 11.3 Å². The van der Waals surface area contributed by atoms with E-state index in [1.807, 2.05) is 32.9 Å². The second kappa shape index (κ2) is 6.09. The maximum atomic E-state index is 12.6. The normalized spacial score (nSPS) is 24.1. The molecule has 1 fully saturated rings. The lowest BCUT2D eigenvalue weighted by Crippen LogP contribution is -2.44. The van der Waals surface area contributed by atoms with Crippen molar-refractivity contribution in [1.29, 1.82) is 0 Å². The lowest BCUT2D eigenvalue weighted by molar-refractivity contribution is 0.0833. The third-order valence-electron chi connectivity index (χ3n) is 4.70. The molecule has 6 heteroatoms. The summed E-state index contributed by atoms with van der Waals surface area (Å²) < 4.78 is 5.58. The molecule has 1 aliphatic carbocycles. The van der Waals surface area contributed by atoms with Gasteiger partial charge in [0.05, 0.1) is 12.3 Å². The van der Waals surface area contributed by atoms with Crippen molar-refractivity contribution in [3.63, 3.8) is 0 Å². The molecule has 3 rings (SSSR count). The fourth-order valence-electron chi connectivity index (χ4n) is 3.15. The number of thiazole rings is 1. The van der Waals surface area contributed by atoms with Gasteiger partial charge in [0.1, 0.15) is 10.6 Å². The molecular weight excluding hydrogens is 312 g/mol. The van der Waals surface area contributed by atoms with E-state index >= 15 is 0 Å². The SMILES string of the molecule is Cc1ccc(-c2nc(C)c(C(=O)NC3CCCC3(C)CO)s2)o1. The number of aliphatic hydroxyl groups excluding tert-OH is 1. The summed E-state index contributed by atoms with van der Waals surface area (Å²) in [4.78, 5) is 17.7. The van der Waals surface area contributed by atoms with Crippen LogP contribution in [0.25, 0.3) is 10.8 Å². The van der Waals surface area contributed by atoms with Crippen LogP contribution in [-0.4, -0.2) is 28.6 Å². The molecule has 1 saturated carbocycles. The highest BCUT2D eigenvalue weighted by Gasteiger charge is 2.39. The minimum Gasteiger partial charge on any atom is -0.459 e. The van der Waals surface area contributed by atoms with Gasteiger partial charge in [-0.15, -0.1) is 11.3 Å². The fraction of sp³-hybridized carbons (Fsp3) is 0.529. The number of aliphatic hydroxyl groups is 1. The summed E-state index contributed by atoms with van der Waals surface area (Å²) in [6.45, 7) is 5.84. The average molecular weight is 334 g/mol. The van der Waals surface area contributed by atoms with Gasteiger partial charge in [-0.2, -0.15) is 0 Å². The van der Waals surface area contributed by atoms with Gasteiger partial charge in [-0.25, -0.2) is 4.98 Å². The third kappa shape index (κ3) is 3.05. The molecule has 2 N–H and O–H groups in total. The standard InChI is InChI=1S/C17H22N2O3S/c1-10-6-7-12(22-10)16-18-11(2)14(23-16)15(21)19-13-5-4-8-17(13,3)9-20/h6-7,13,20H,4-5,8-9H2,1-3H3,(H,19,21). The molecule has 2 unspecified atom stereocenters. The van der Waals surface area contributed by atoms with Crippen molar-refractivity contribution in [2.75, 3.05) is 6.61 Å². The number of amides is 1. The highest BCUT2D eigenvalue weighted by molar-refractivity contribution is 7.17. The number of hydrogen-bond donors (Lipinski definition) is 2. The minimum absolute atomic E-state index is 0.0100. The molecule has 0 bridgehead atoms. The fourth-order valence-corrected chi connectivity index (χ4v) is 4.09. The number of rotatable bonds is 4. The minimum atomic E-state index is -0.227. The number of nitrogens with zero attached hydrogens (tertiary/aromatic N) is 1. The Labute approximate surface area is 139 Å². The second-order valence-electron chi connectivity index (χ2n) is 6.57. The highest BCUT2D eigenvalue weighted by atomic mass is 32.1. The van der Waals surface area contributed by atoms with E-state index in [0.29, 0.717) is 16.3 Å². The molecule has 0 saturated heterocycles. The molecule has 0 aromatic carbocycles. The summed E-state index contributed by atoms with van der Waals surface area (Å²) in [5.74, 6) is 1.40. The van der Waals surface area contributed by atoms with Crippen LogP contribution in [0.5, 0.6) is 0 Å². The summed E-state index contributed by atoms with van der Waals surface area (Å²) >= 11 is 1.35. The van der Waals surface area contributed by atoms with E-state index in [0.717, 1.165) is 30.0 Å². The zero-order valence-corrected chi connectivity index (χ0v) is 14.5. The van der Waals surface area contributed by atoms with Crippen LogP contribution in [0.2, 0.25) is 0 Å². The predicted octanol–water partition coefficient (Wildman–Crippen LogP) is 3.30. The molecule has 0 radical (unpaired) electrons. The molecule has 2 aromatic heterocycles. The van der Waals surface area contributed by atoms with Gasteiger partial charge >= 0.3 is 0 Å². The van der Waals surface area contributed by atoms with Gasteiger partial charge in [-0.05, 0) is 38.8 Å². The molecule has 124 valence electrons. The Kier molecular flexibility index (Phi) is 4.29. The van der Waals surface area contributed by atoms with Crippen molar-refractivity contribution in [3.05, 3.63) is 28.5 Å². The summed E-state index contributed by atoms with van der Waals surface area (Å²) in [5.41, 5.74) is 0.482. The second-order valence-corrected chi connectivity index (χ2v) is 7.57. The Morgan fingerprint density at radius 2 is 2.30 bits per heavy atom. The van der Waals surface area contributed by atoms with Crippen molar-refractivity contribution in [3.8, 4) is 10.8 Å². The Morgan fingerprint density at radius 1 is 1.52 bits per heavy atom. The van der Waals surface area contributed by atoms with Crippen LogP contribution >= 0.6 is 11.3 Å². The summed E-state index contributed by atoms with van der Waals surface area (Å²) in [7, 11) is 0. The predicted molar refractivity (Wildman–Crippen MR) is 89.6 cm³/mol. The molecule has 5 nitrogen and oxygen atoms in total. The smallest absolute Gasteiger partial charge is 0.263 e. The van der Waals surface area contributed by atoms with Gasteiger partial charge < -0.3 is 14.8 Å². The first-order valence-corrected chi connectivity index (χ1v) is 8.70. The quantitative estimate of drug-likeness (QED) is 0.899. The number of furan rings is 1. The monoisotopic (exact) mass is 334 g/mol. The number of carbonyl (C=O) groups is 1. The molecule has 2 atom stereocenters. The number of hydrogen-bond acceptors (Lipinski definition) is 5. The van der Waals surface area contributed by atoms with Crippen LogP contribution in [0, 0.1) is 19.3 Å². The highest BCUT2D eigenvalue weighted by Crippen LogP contribution is 2.38. The first kappa shape index (κ1) is 16.2. The van der Waals surface area contributed by atoms with Crippen LogP contribution in [0.1, 0.15) is 47.3 Å². The molecule has 1 aliphatic rings. The number of aromatic nitrogens is 1. The van der Waals surface area contributed by atoms with E-state index in [-0.39, 0.29) is 24.0 Å². The van der Waals surface area contributed by atoms with Crippen LogP contribution < -0.4 is 5.32 Å². The third-order valence-corrected chi connectivity index (χ3v) is 5.87. The first-order chi connectivity index (χ1) is 10.9. The zero-order chi connectivity index (χ0) is 16.6. The van der Waals surface area contributed by atoms with E-state index in [2.05, 4.69) is 10.3 Å². The largest absolute Gasteiger partial charge is 0.459 e. The van der Waals surface area contributed by atoms with Gasteiger partial charge in [0, 0.05) is 11.5 Å². The Bertz CT molecular complexity index is 721. The molecule has 2 aromatic rings. The van der Waals surface area contributed by atoms with Crippen molar-refractivity contribution in [1.82, 2.24) is 10.3 Å². The van der Waals surface area contributed by atoms with E-state index in [1.54, 1.807) is 0 Å². The topological polar surface area (TPSA) is 75.4 Å². The lowest BCUT2D eigenvalue weighted by atomic mass is 9.86. The lowest BCUT2D eigenvalue weighted by Gasteiger charge is -2.29. The number of carbonyl (C=O) groups excluding carboxylic acids is 1. The van der Waals surface area contributed by atoms with E-state index < -0.39 is 0 Å².